The number of nitrogens with zero attached hydrogens (tertiary/aromatic N) is 1. The van der Waals surface area contributed by atoms with Gasteiger partial charge in [-0.25, -0.2) is 8.42 Å². The number of benzene rings is 2. The third-order valence-electron chi connectivity index (χ3n) is 3.83. The number of nitrogens with one attached hydrogen (secondary N) is 2. The Bertz CT molecular complexity index is 990. The van der Waals surface area contributed by atoms with Gasteiger partial charge in [-0.15, -0.1) is 0 Å². The van der Waals surface area contributed by atoms with Gasteiger partial charge in [0, 0.05) is 24.4 Å². The molecule has 2 N–H and O–H groups in total. The van der Waals surface area contributed by atoms with Crippen LogP contribution in [0.3, 0.4) is 0 Å². The van der Waals surface area contributed by atoms with Crippen LogP contribution in [0.25, 0.3) is 0 Å². The van der Waals surface area contributed by atoms with Crippen molar-refractivity contribution in [2.75, 3.05) is 42.0 Å². The quantitative estimate of drug-likeness (QED) is 0.674. The Morgan fingerprint density at radius 3 is 1.97 bits per heavy atom. The number of ether oxygens (including phenoxy) is 2. The molecular formula is C19H23N3O6S. The molecule has 0 heterocycles. The first-order valence-electron chi connectivity index (χ1n) is 8.51. The number of hydrogen-bond donors (Lipinski definition) is 2. The standard InChI is InChI=1S/C19H23N3O6S/c1-13(23)20-14-5-7-15(8-6-14)21-19(24)12-22(29(4,25)26)16-9-10-17(27-2)18(11-16)28-3/h5-11H,12H2,1-4H3,(H,20,23)(H,21,24). The van der Waals surface area contributed by atoms with Crippen molar-refractivity contribution in [2.45, 2.75) is 6.92 Å². The Kier molecular flexibility index (Phi) is 7.05. The summed E-state index contributed by atoms with van der Waals surface area (Å²) in [5.41, 5.74) is 1.31. The smallest absolute Gasteiger partial charge is 0.245 e. The minimum atomic E-state index is -3.74. The molecule has 0 aromatic heterocycles. The Morgan fingerprint density at radius 2 is 1.48 bits per heavy atom. The zero-order valence-electron chi connectivity index (χ0n) is 16.6. The molecule has 0 aliphatic heterocycles. The fourth-order valence-electron chi connectivity index (χ4n) is 2.55. The maximum atomic E-state index is 12.4. The lowest BCUT2D eigenvalue weighted by molar-refractivity contribution is -0.115. The van der Waals surface area contributed by atoms with Crippen molar-refractivity contribution in [3.05, 3.63) is 42.5 Å². The molecule has 2 aromatic carbocycles. The number of sulfonamides is 1. The number of methoxy groups -OCH3 is 2. The molecule has 0 aliphatic carbocycles. The van der Waals surface area contributed by atoms with E-state index in [9.17, 15) is 18.0 Å². The monoisotopic (exact) mass is 421 g/mol. The fourth-order valence-corrected chi connectivity index (χ4v) is 3.40. The summed E-state index contributed by atoms with van der Waals surface area (Å²) in [6, 6.07) is 11.0. The van der Waals surface area contributed by atoms with E-state index in [2.05, 4.69) is 10.6 Å². The second kappa shape index (κ2) is 9.28. The second-order valence-electron chi connectivity index (χ2n) is 6.12. The SMILES string of the molecule is COc1ccc(N(CC(=O)Nc2ccc(NC(C)=O)cc2)S(C)(=O)=O)cc1OC. The highest BCUT2D eigenvalue weighted by Gasteiger charge is 2.22. The molecule has 0 spiro atoms. The van der Waals surface area contributed by atoms with E-state index < -0.39 is 22.5 Å². The van der Waals surface area contributed by atoms with E-state index >= 15 is 0 Å². The van der Waals surface area contributed by atoms with E-state index in [4.69, 9.17) is 9.47 Å². The maximum Gasteiger partial charge on any atom is 0.245 e. The van der Waals surface area contributed by atoms with Crippen LogP contribution in [0.2, 0.25) is 0 Å². The molecular weight excluding hydrogens is 398 g/mol. The van der Waals surface area contributed by atoms with Crippen LogP contribution < -0.4 is 24.4 Å². The van der Waals surface area contributed by atoms with E-state index in [0.29, 0.717) is 22.9 Å². The Labute approximate surface area is 169 Å². The van der Waals surface area contributed by atoms with E-state index in [1.165, 1.54) is 33.3 Å². The summed E-state index contributed by atoms with van der Waals surface area (Å²) >= 11 is 0. The average Bonchev–Trinajstić information content (AvgIpc) is 2.66. The lowest BCUT2D eigenvalue weighted by Crippen LogP contribution is -2.37. The molecule has 9 nitrogen and oxygen atoms in total. The highest BCUT2D eigenvalue weighted by molar-refractivity contribution is 7.92. The van der Waals surface area contributed by atoms with Gasteiger partial charge in [-0.2, -0.15) is 0 Å². The lowest BCUT2D eigenvalue weighted by Gasteiger charge is -2.23. The molecule has 2 aromatic rings. The third-order valence-corrected chi connectivity index (χ3v) is 4.97. The number of carbonyl (C=O) groups is 2. The van der Waals surface area contributed by atoms with Gasteiger partial charge in [-0.05, 0) is 36.4 Å². The molecule has 2 amide bonds. The van der Waals surface area contributed by atoms with Crippen molar-refractivity contribution >= 4 is 38.9 Å². The molecule has 10 heteroatoms. The minimum absolute atomic E-state index is 0.208. The summed E-state index contributed by atoms with van der Waals surface area (Å²) in [4.78, 5) is 23.5. The van der Waals surface area contributed by atoms with Crippen molar-refractivity contribution in [1.82, 2.24) is 0 Å². The van der Waals surface area contributed by atoms with Crippen molar-refractivity contribution in [3.63, 3.8) is 0 Å². The number of rotatable bonds is 8. The predicted octanol–water partition coefficient (Wildman–Crippen LogP) is 2.07. The van der Waals surface area contributed by atoms with Gasteiger partial charge in [-0.3, -0.25) is 13.9 Å². The Hall–Kier alpha value is -3.27. The van der Waals surface area contributed by atoms with Crippen molar-refractivity contribution in [2.24, 2.45) is 0 Å². The topological polar surface area (TPSA) is 114 Å². The van der Waals surface area contributed by atoms with Gasteiger partial charge in [0.1, 0.15) is 6.54 Å². The molecule has 2 rings (SSSR count). The Balaban J connectivity index is 2.18. The molecule has 156 valence electrons. The molecule has 0 saturated carbocycles. The summed E-state index contributed by atoms with van der Waals surface area (Å²) in [5, 5.41) is 5.25. The molecule has 0 atom stereocenters. The van der Waals surface area contributed by atoms with Gasteiger partial charge in [0.2, 0.25) is 21.8 Å². The normalized spacial score (nSPS) is 10.8. The number of anilines is 3. The zero-order chi connectivity index (χ0) is 21.6. The van der Waals surface area contributed by atoms with Gasteiger partial charge in [-0.1, -0.05) is 0 Å². The van der Waals surface area contributed by atoms with Crippen LogP contribution in [0.1, 0.15) is 6.92 Å². The number of amides is 2. The second-order valence-corrected chi connectivity index (χ2v) is 8.02. The van der Waals surface area contributed by atoms with Crippen LogP contribution in [-0.4, -0.2) is 47.3 Å². The molecule has 0 radical (unpaired) electrons. The van der Waals surface area contributed by atoms with Gasteiger partial charge >= 0.3 is 0 Å². The first kappa shape index (κ1) is 22.0. The van der Waals surface area contributed by atoms with Crippen LogP contribution in [0.4, 0.5) is 17.1 Å². The maximum absolute atomic E-state index is 12.4. The highest BCUT2D eigenvalue weighted by atomic mass is 32.2. The molecule has 0 bridgehead atoms. The van der Waals surface area contributed by atoms with E-state index in [1.807, 2.05) is 0 Å². The van der Waals surface area contributed by atoms with Crippen molar-refractivity contribution in [1.29, 1.82) is 0 Å². The summed E-state index contributed by atoms with van der Waals surface area (Å²) in [6.07, 6.45) is 1.01. The largest absolute Gasteiger partial charge is 0.493 e. The van der Waals surface area contributed by atoms with E-state index in [1.54, 1.807) is 30.3 Å². The van der Waals surface area contributed by atoms with E-state index in [0.717, 1.165) is 10.6 Å². The van der Waals surface area contributed by atoms with E-state index in [-0.39, 0.29) is 11.6 Å². The fraction of sp³-hybridized carbons (Fsp3) is 0.263. The van der Waals surface area contributed by atoms with Crippen LogP contribution in [-0.2, 0) is 19.6 Å². The minimum Gasteiger partial charge on any atom is -0.493 e. The van der Waals surface area contributed by atoms with Gasteiger partial charge in [0.25, 0.3) is 0 Å². The van der Waals surface area contributed by atoms with Crippen LogP contribution in [0, 0.1) is 0 Å². The predicted molar refractivity (Wildman–Crippen MR) is 111 cm³/mol. The van der Waals surface area contributed by atoms with Crippen LogP contribution >= 0.6 is 0 Å². The number of hydrogen-bond acceptors (Lipinski definition) is 6. The zero-order valence-corrected chi connectivity index (χ0v) is 17.4. The van der Waals surface area contributed by atoms with Gasteiger partial charge in [0.15, 0.2) is 11.5 Å². The van der Waals surface area contributed by atoms with Crippen molar-refractivity contribution in [3.8, 4) is 11.5 Å². The van der Waals surface area contributed by atoms with Gasteiger partial charge < -0.3 is 20.1 Å². The molecule has 0 fully saturated rings. The summed E-state index contributed by atoms with van der Waals surface area (Å²) in [5.74, 6) is 0.0408. The lowest BCUT2D eigenvalue weighted by atomic mass is 10.2. The molecule has 0 saturated heterocycles. The van der Waals surface area contributed by atoms with Crippen molar-refractivity contribution < 1.29 is 27.5 Å². The molecule has 29 heavy (non-hydrogen) atoms. The third kappa shape index (κ3) is 6.11. The summed E-state index contributed by atoms with van der Waals surface area (Å²) < 4.78 is 35.8. The summed E-state index contributed by atoms with van der Waals surface area (Å²) in [7, 11) is -0.838. The first-order valence-corrected chi connectivity index (χ1v) is 10.4. The molecule has 0 aliphatic rings. The van der Waals surface area contributed by atoms with Crippen LogP contribution in [0.5, 0.6) is 11.5 Å². The molecule has 0 unspecified atom stereocenters. The average molecular weight is 421 g/mol. The summed E-state index contributed by atoms with van der Waals surface area (Å²) in [6.45, 7) is 0.964. The van der Waals surface area contributed by atoms with Gasteiger partial charge in [0.05, 0.1) is 26.2 Å². The van der Waals surface area contributed by atoms with Crippen LogP contribution in [0.15, 0.2) is 42.5 Å². The number of carbonyl (C=O) groups excluding carboxylic acids is 2. The highest BCUT2D eigenvalue weighted by Crippen LogP contribution is 2.32. The Morgan fingerprint density at radius 1 is 0.931 bits per heavy atom. The first-order chi connectivity index (χ1) is 13.6.